The number of methoxy groups -OCH3 is 1. The molecule has 2 heterocycles. The maximum atomic E-state index is 12.5. The van der Waals surface area contributed by atoms with Crippen LogP contribution in [0, 0.1) is 0 Å². The molecule has 6 nitrogen and oxygen atoms in total. The first kappa shape index (κ1) is 15.4. The van der Waals surface area contributed by atoms with Gasteiger partial charge in [-0.25, -0.2) is 4.79 Å². The fraction of sp³-hybridized carbons (Fsp3) is 0.412. The zero-order valence-corrected chi connectivity index (χ0v) is 13.6. The number of rotatable bonds is 3. The number of carbonyl (C=O) groups is 1. The molecule has 3 rings (SSSR count). The molecule has 2 aromatic rings. The molecule has 1 aromatic carbocycles. The lowest BCUT2D eigenvalue weighted by atomic mass is 10.1. The van der Waals surface area contributed by atoms with Crippen LogP contribution in [-0.2, 0) is 26.6 Å². The third-order valence-corrected chi connectivity index (χ3v) is 4.20. The van der Waals surface area contributed by atoms with Gasteiger partial charge in [-0.05, 0) is 18.4 Å². The van der Waals surface area contributed by atoms with Crippen LogP contribution in [0.3, 0.4) is 0 Å². The number of hydrogen-bond acceptors (Lipinski definition) is 3. The highest BCUT2D eigenvalue weighted by Gasteiger charge is 2.24. The molecule has 0 atom stereocenters. The second kappa shape index (κ2) is 6.73. The Kier molecular flexibility index (Phi) is 4.50. The molecule has 0 fully saturated rings. The van der Waals surface area contributed by atoms with Crippen LogP contribution in [0.2, 0.25) is 0 Å². The summed E-state index contributed by atoms with van der Waals surface area (Å²) in [5, 5.41) is 7.37. The van der Waals surface area contributed by atoms with Crippen LogP contribution in [0.25, 0.3) is 0 Å². The quantitative estimate of drug-likeness (QED) is 0.943. The monoisotopic (exact) mass is 314 g/mol. The Morgan fingerprint density at radius 3 is 2.87 bits per heavy atom. The van der Waals surface area contributed by atoms with E-state index in [1.54, 1.807) is 7.11 Å². The molecule has 0 unspecified atom stereocenters. The third kappa shape index (κ3) is 3.31. The van der Waals surface area contributed by atoms with Gasteiger partial charge in [0.05, 0.1) is 19.3 Å². The lowest BCUT2D eigenvalue weighted by Crippen LogP contribution is -2.39. The van der Waals surface area contributed by atoms with Crippen LogP contribution in [0.15, 0.2) is 30.3 Å². The fourth-order valence-electron chi connectivity index (χ4n) is 2.95. The normalized spacial score (nSPS) is 14.1. The lowest BCUT2D eigenvalue weighted by Gasteiger charge is -2.21. The Labute approximate surface area is 136 Å². The van der Waals surface area contributed by atoms with Crippen molar-refractivity contribution in [3.8, 4) is 5.88 Å². The van der Waals surface area contributed by atoms with E-state index in [0.717, 1.165) is 36.2 Å². The van der Waals surface area contributed by atoms with Gasteiger partial charge in [-0.3, -0.25) is 4.68 Å². The highest BCUT2D eigenvalue weighted by Crippen LogP contribution is 2.26. The van der Waals surface area contributed by atoms with Crippen molar-refractivity contribution < 1.29 is 9.53 Å². The summed E-state index contributed by atoms with van der Waals surface area (Å²) in [6.45, 7) is 1.83. The van der Waals surface area contributed by atoms with Crippen LogP contribution in [0.1, 0.15) is 23.2 Å². The van der Waals surface area contributed by atoms with E-state index in [1.165, 1.54) is 0 Å². The van der Waals surface area contributed by atoms with Crippen molar-refractivity contribution in [2.45, 2.75) is 25.9 Å². The highest BCUT2D eigenvalue weighted by molar-refractivity contribution is 5.74. The predicted octanol–water partition coefficient (Wildman–Crippen LogP) is 2.09. The summed E-state index contributed by atoms with van der Waals surface area (Å²) >= 11 is 0. The number of fused-ring (bicyclic) bond motifs is 1. The second-order valence-corrected chi connectivity index (χ2v) is 5.73. The van der Waals surface area contributed by atoms with Crippen LogP contribution in [0.4, 0.5) is 4.79 Å². The van der Waals surface area contributed by atoms with Crippen molar-refractivity contribution in [2.75, 3.05) is 13.7 Å². The number of ether oxygens (including phenoxy) is 1. The molecule has 0 saturated carbocycles. The Morgan fingerprint density at radius 1 is 1.35 bits per heavy atom. The first-order valence-corrected chi connectivity index (χ1v) is 7.84. The molecule has 1 aliphatic heterocycles. The number of nitrogens with zero attached hydrogens (tertiary/aromatic N) is 3. The second-order valence-electron chi connectivity index (χ2n) is 5.73. The minimum atomic E-state index is -0.0399. The maximum Gasteiger partial charge on any atom is 0.318 e. The van der Waals surface area contributed by atoms with Gasteiger partial charge in [-0.1, -0.05) is 30.3 Å². The zero-order valence-electron chi connectivity index (χ0n) is 13.6. The van der Waals surface area contributed by atoms with Crippen molar-refractivity contribution >= 4 is 6.03 Å². The summed E-state index contributed by atoms with van der Waals surface area (Å²) in [5.41, 5.74) is 3.26. The first-order valence-electron chi connectivity index (χ1n) is 7.84. The Hall–Kier alpha value is -2.50. The van der Waals surface area contributed by atoms with Crippen molar-refractivity contribution in [3.05, 3.63) is 47.2 Å². The van der Waals surface area contributed by atoms with Gasteiger partial charge in [0.25, 0.3) is 0 Å². The number of hydrogen-bond donors (Lipinski definition) is 1. The molecule has 0 aliphatic carbocycles. The molecule has 6 heteroatoms. The summed E-state index contributed by atoms with van der Waals surface area (Å²) in [5.74, 6) is 0.675. The van der Waals surface area contributed by atoms with E-state index >= 15 is 0 Å². The van der Waals surface area contributed by atoms with Gasteiger partial charge < -0.3 is 15.0 Å². The molecular formula is C17H22N4O2. The maximum absolute atomic E-state index is 12.5. The molecule has 1 N–H and O–H groups in total. The smallest absolute Gasteiger partial charge is 0.318 e. The minimum absolute atomic E-state index is 0.0399. The predicted molar refractivity (Wildman–Crippen MR) is 87.2 cm³/mol. The van der Waals surface area contributed by atoms with Crippen LogP contribution >= 0.6 is 0 Å². The van der Waals surface area contributed by atoms with Gasteiger partial charge in [0, 0.05) is 25.7 Å². The van der Waals surface area contributed by atoms with E-state index in [1.807, 2.05) is 47.0 Å². The summed E-state index contributed by atoms with van der Waals surface area (Å²) in [6, 6.07) is 9.89. The van der Waals surface area contributed by atoms with E-state index in [0.29, 0.717) is 19.0 Å². The Balaban J connectivity index is 1.68. The van der Waals surface area contributed by atoms with Crippen molar-refractivity contribution in [1.82, 2.24) is 20.0 Å². The molecule has 23 heavy (non-hydrogen) atoms. The molecule has 0 spiro atoms. The molecule has 1 aromatic heterocycles. The largest absolute Gasteiger partial charge is 0.480 e. The highest BCUT2D eigenvalue weighted by atomic mass is 16.5. The average molecular weight is 314 g/mol. The van der Waals surface area contributed by atoms with Gasteiger partial charge in [0.2, 0.25) is 5.88 Å². The van der Waals surface area contributed by atoms with Crippen LogP contribution in [-0.4, -0.2) is 34.4 Å². The number of aryl methyl sites for hydroxylation is 1. The molecule has 122 valence electrons. The topological polar surface area (TPSA) is 59.4 Å². The molecule has 0 saturated heterocycles. The standard InChI is InChI=1S/C17H22N4O2/c1-20-15-12-21(10-6-9-14(15)16(19-20)23-2)17(22)18-11-13-7-4-3-5-8-13/h3-5,7-8H,6,9-12H2,1-2H3,(H,18,22). The number of aromatic nitrogens is 2. The Morgan fingerprint density at radius 2 is 2.13 bits per heavy atom. The van der Waals surface area contributed by atoms with Crippen molar-refractivity contribution in [3.63, 3.8) is 0 Å². The van der Waals surface area contributed by atoms with E-state index in [9.17, 15) is 4.79 Å². The SMILES string of the molecule is COc1nn(C)c2c1CCCN(C(=O)NCc1ccccc1)C2. The number of urea groups is 1. The van der Waals surface area contributed by atoms with Gasteiger partial charge in [-0.15, -0.1) is 5.10 Å². The van der Waals surface area contributed by atoms with E-state index in [2.05, 4.69) is 10.4 Å². The van der Waals surface area contributed by atoms with Gasteiger partial charge >= 0.3 is 6.03 Å². The number of carbonyl (C=O) groups excluding carboxylic acids is 1. The van der Waals surface area contributed by atoms with Gasteiger partial charge in [-0.2, -0.15) is 0 Å². The van der Waals surface area contributed by atoms with Crippen LogP contribution in [0.5, 0.6) is 5.88 Å². The van der Waals surface area contributed by atoms with E-state index in [-0.39, 0.29) is 6.03 Å². The number of amides is 2. The van der Waals surface area contributed by atoms with Crippen LogP contribution < -0.4 is 10.1 Å². The molecule has 0 bridgehead atoms. The van der Waals surface area contributed by atoms with Crippen molar-refractivity contribution in [1.29, 1.82) is 0 Å². The number of benzene rings is 1. The Bertz CT molecular complexity index is 681. The summed E-state index contributed by atoms with van der Waals surface area (Å²) in [6.07, 6.45) is 1.79. The van der Waals surface area contributed by atoms with Gasteiger partial charge in [0.15, 0.2) is 0 Å². The zero-order chi connectivity index (χ0) is 16.2. The van der Waals surface area contributed by atoms with E-state index < -0.39 is 0 Å². The van der Waals surface area contributed by atoms with Gasteiger partial charge in [0.1, 0.15) is 0 Å². The molecule has 2 amide bonds. The fourth-order valence-corrected chi connectivity index (χ4v) is 2.95. The number of nitrogens with one attached hydrogen (secondary N) is 1. The summed E-state index contributed by atoms with van der Waals surface area (Å²) < 4.78 is 7.16. The molecule has 0 radical (unpaired) electrons. The molecular weight excluding hydrogens is 292 g/mol. The van der Waals surface area contributed by atoms with E-state index in [4.69, 9.17) is 4.74 Å². The third-order valence-electron chi connectivity index (χ3n) is 4.20. The first-order chi connectivity index (χ1) is 11.2. The summed E-state index contributed by atoms with van der Waals surface area (Å²) in [4.78, 5) is 14.3. The van der Waals surface area contributed by atoms with Crippen molar-refractivity contribution in [2.24, 2.45) is 7.05 Å². The lowest BCUT2D eigenvalue weighted by molar-refractivity contribution is 0.194. The summed E-state index contributed by atoms with van der Waals surface area (Å²) in [7, 11) is 3.53. The molecule has 1 aliphatic rings. The average Bonchev–Trinajstić information content (AvgIpc) is 2.76. The minimum Gasteiger partial charge on any atom is -0.480 e.